The van der Waals surface area contributed by atoms with E-state index in [1.54, 1.807) is 0 Å². The third-order valence-electron chi connectivity index (χ3n) is 6.56. The molecule has 2 unspecified atom stereocenters. The molecule has 32 heavy (non-hydrogen) atoms. The number of hydrogen-bond donors (Lipinski definition) is 4. The van der Waals surface area contributed by atoms with Gasteiger partial charge in [0.05, 0.1) is 23.7 Å². The third kappa shape index (κ3) is 9.17. The second-order valence-electron chi connectivity index (χ2n) is 8.95. The zero-order valence-electron chi connectivity index (χ0n) is 19.7. The highest BCUT2D eigenvalue weighted by atomic mass is 16.4. The molecule has 0 saturated carbocycles. The van der Waals surface area contributed by atoms with E-state index in [4.69, 9.17) is 0 Å². The second kappa shape index (κ2) is 15.6. The summed E-state index contributed by atoms with van der Waals surface area (Å²) in [5, 5.41) is 39.4. The van der Waals surface area contributed by atoms with Gasteiger partial charge in [0.1, 0.15) is 0 Å². The van der Waals surface area contributed by atoms with Gasteiger partial charge in [0.2, 0.25) is 0 Å². The van der Waals surface area contributed by atoms with Crippen molar-refractivity contribution in [1.82, 2.24) is 0 Å². The molecule has 0 aliphatic carbocycles. The molecule has 2 atom stereocenters. The number of hydrogen-bond acceptors (Lipinski definition) is 4. The summed E-state index contributed by atoms with van der Waals surface area (Å²) in [6, 6.07) is 0. The Labute approximate surface area is 191 Å². The molecule has 0 aromatic heterocycles. The molecule has 186 valence electrons. The second-order valence-corrected chi connectivity index (χ2v) is 8.95. The van der Waals surface area contributed by atoms with E-state index in [-0.39, 0.29) is 12.8 Å². The Bertz CT molecular complexity index is 551. The number of aliphatic carboxylic acids is 4. The molecule has 0 spiro atoms. The predicted octanol–water partition coefficient (Wildman–Crippen LogP) is 5.58. The molecule has 0 aromatic carbocycles. The van der Waals surface area contributed by atoms with Crippen LogP contribution in [0.15, 0.2) is 0 Å². The minimum atomic E-state index is -2.18. The van der Waals surface area contributed by atoms with Crippen molar-refractivity contribution < 1.29 is 39.6 Å². The van der Waals surface area contributed by atoms with Crippen molar-refractivity contribution in [3.8, 4) is 0 Å². The topological polar surface area (TPSA) is 149 Å². The highest BCUT2D eigenvalue weighted by Crippen LogP contribution is 2.53. The molecule has 0 fully saturated rings. The molecule has 0 heterocycles. The minimum Gasteiger partial charge on any atom is -0.481 e. The lowest BCUT2D eigenvalue weighted by molar-refractivity contribution is -0.184. The summed E-state index contributed by atoms with van der Waals surface area (Å²) in [5.41, 5.74) is -4.37. The van der Waals surface area contributed by atoms with Crippen LogP contribution in [0, 0.1) is 10.8 Å². The molecule has 8 nitrogen and oxygen atoms in total. The van der Waals surface area contributed by atoms with Crippen LogP contribution in [-0.2, 0) is 19.2 Å². The lowest BCUT2D eigenvalue weighted by Gasteiger charge is -2.44. The summed E-state index contributed by atoms with van der Waals surface area (Å²) in [6.45, 7) is 4.13. The summed E-state index contributed by atoms with van der Waals surface area (Å²) in [6.07, 6.45) is 7.58. The average molecular weight is 459 g/mol. The van der Waals surface area contributed by atoms with Crippen LogP contribution < -0.4 is 0 Å². The summed E-state index contributed by atoms with van der Waals surface area (Å²) >= 11 is 0. The molecule has 0 aliphatic heterocycles. The van der Waals surface area contributed by atoms with Gasteiger partial charge in [-0.1, -0.05) is 90.9 Å². The molecular formula is C24H42O8. The predicted molar refractivity (Wildman–Crippen MR) is 121 cm³/mol. The van der Waals surface area contributed by atoms with Gasteiger partial charge in [-0.05, 0) is 12.8 Å². The molecule has 0 rings (SSSR count). The fraction of sp³-hybridized carbons (Fsp3) is 0.833. The minimum absolute atomic E-state index is 0.170. The van der Waals surface area contributed by atoms with Gasteiger partial charge >= 0.3 is 23.9 Å². The third-order valence-corrected chi connectivity index (χ3v) is 6.56. The van der Waals surface area contributed by atoms with Crippen LogP contribution in [0.1, 0.15) is 117 Å². The summed E-state index contributed by atoms with van der Waals surface area (Å²) < 4.78 is 0. The highest BCUT2D eigenvalue weighted by molar-refractivity contribution is 5.92. The van der Waals surface area contributed by atoms with E-state index < -0.39 is 47.5 Å². The van der Waals surface area contributed by atoms with Crippen molar-refractivity contribution in [1.29, 1.82) is 0 Å². The van der Waals surface area contributed by atoms with Crippen molar-refractivity contribution in [3.05, 3.63) is 0 Å². The molecule has 0 bridgehead atoms. The Morgan fingerprint density at radius 3 is 1.03 bits per heavy atom. The van der Waals surface area contributed by atoms with Crippen molar-refractivity contribution in [3.63, 3.8) is 0 Å². The maximum absolute atomic E-state index is 12.5. The average Bonchev–Trinajstić information content (AvgIpc) is 2.70. The van der Waals surface area contributed by atoms with Gasteiger partial charge in [-0.25, -0.2) is 0 Å². The van der Waals surface area contributed by atoms with Crippen molar-refractivity contribution >= 4 is 23.9 Å². The van der Waals surface area contributed by atoms with Gasteiger partial charge < -0.3 is 20.4 Å². The van der Waals surface area contributed by atoms with Gasteiger partial charge in [0.25, 0.3) is 0 Å². The van der Waals surface area contributed by atoms with Gasteiger partial charge in [-0.15, -0.1) is 0 Å². The molecule has 0 saturated heterocycles. The lowest BCUT2D eigenvalue weighted by atomic mass is 9.55. The fourth-order valence-electron chi connectivity index (χ4n) is 4.70. The smallest absolute Gasteiger partial charge is 0.311 e. The van der Waals surface area contributed by atoms with Crippen LogP contribution in [-0.4, -0.2) is 44.3 Å². The van der Waals surface area contributed by atoms with E-state index in [9.17, 15) is 39.6 Å². The van der Waals surface area contributed by atoms with Gasteiger partial charge in [-0.2, -0.15) is 0 Å². The number of rotatable bonds is 21. The molecule has 0 amide bonds. The van der Waals surface area contributed by atoms with Gasteiger partial charge in [-0.3, -0.25) is 19.2 Å². The monoisotopic (exact) mass is 458 g/mol. The van der Waals surface area contributed by atoms with E-state index in [0.717, 1.165) is 51.4 Å². The first-order valence-corrected chi connectivity index (χ1v) is 12.0. The van der Waals surface area contributed by atoms with Crippen LogP contribution in [0.5, 0.6) is 0 Å². The molecule has 0 aromatic rings. The van der Waals surface area contributed by atoms with Crippen LogP contribution in [0.3, 0.4) is 0 Å². The quantitative estimate of drug-likeness (QED) is 0.163. The summed E-state index contributed by atoms with van der Waals surface area (Å²) in [5.74, 6) is -5.94. The van der Waals surface area contributed by atoms with Crippen LogP contribution in [0.2, 0.25) is 0 Å². The maximum atomic E-state index is 12.5. The van der Waals surface area contributed by atoms with Crippen molar-refractivity contribution in [2.24, 2.45) is 10.8 Å². The van der Waals surface area contributed by atoms with Gasteiger partial charge in [0, 0.05) is 0 Å². The van der Waals surface area contributed by atoms with Crippen molar-refractivity contribution in [2.75, 3.05) is 0 Å². The Morgan fingerprint density at radius 2 is 0.781 bits per heavy atom. The number of carboxylic acid groups (broad SMARTS) is 4. The van der Waals surface area contributed by atoms with Gasteiger partial charge in [0.15, 0.2) is 0 Å². The Hall–Kier alpha value is -2.12. The maximum Gasteiger partial charge on any atom is 0.311 e. The van der Waals surface area contributed by atoms with Crippen molar-refractivity contribution in [2.45, 2.75) is 117 Å². The normalized spacial score (nSPS) is 14.9. The Morgan fingerprint density at radius 1 is 0.500 bits per heavy atom. The largest absolute Gasteiger partial charge is 0.481 e. The highest BCUT2D eigenvalue weighted by Gasteiger charge is 2.62. The van der Waals surface area contributed by atoms with Crippen LogP contribution in [0.25, 0.3) is 0 Å². The molecule has 4 N–H and O–H groups in total. The lowest BCUT2D eigenvalue weighted by Crippen LogP contribution is -2.55. The van der Waals surface area contributed by atoms with E-state index in [2.05, 4.69) is 13.8 Å². The fourth-order valence-corrected chi connectivity index (χ4v) is 4.70. The number of carboxylic acids is 4. The zero-order chi connectivity index (χ0) is 24.6. The zero-order valence-corrected chi connectivity index (χ0v) is 19.7. The first-order valence-electron chi connectivity index (χ1n) is 12.0. The van der Waals surface area contributed by atoms with E-state index in [1.165, 1.54) is 0 Å². The van der Waals surface area contributed by atoms with E-state index in [0.29, 0.717) is 25.7 Å². The summed E-state index contributed by atoms with van der Waals surface area (Å²) in [7, 11) is 0. The van der Waals surface area contributed by atoms with Crippen LogP contribution >= 0.6 is 0 Å². The number of carbonyl (C=O) groups is 4. The number of unbranched alkanes of at least 4 members (excludes halogenated alkanes) is 10. The van der Waals surface area contributed by atoms with E-state index in [1.807, 2.05) is 0 Å². The first-order chi connectivity index (χ1) is 15.1. The standard InChI is InChI=1S/C24H42O8/c1-3-5-7-9-11-13-15-23(21(29)30,17-19(25)26)24(22(31)32,18-20(27)28)16-14-12-10-8-6-4-2/h3-18H2,1-2H3,(H,25,26)(H,27,28)(H,29,30)(H,31,32). The SMILES string of the molecule is CCCCCCCCC(CC(=O)O)(C(=O)O)C(CCCCCCCC)(CC(=O)O)C(=O)O. The molecular weight excluding hydrogens is 416 g/mol. The summed E-state index contributed by atoms with van der Waals surface area (Å²) in [4.78, 5) is 48.4. The van der Waals surface area contributed by atoms with E-state index >= 15 is 0 Å². The Kier molecular flexibility index (Phi) is 14.6. The molecule has 0 aliphatic rings. The Balaban J connectivity index is 5.94. The first kappa shape index (κ1) is 29.9. The molecule has 0 radical (unpaired) electrons. The molecule has 8 heteroatoms. The van der Waals surface area contributed by atoms with Crippen LogP contribution in [0.4, 0.5) is 0 Å².